The second-order valence-corrected chi connectivity index (χ2v) is 3.92. The van der Waals surface area contributed by atoms with Crippen LogP contribution in [0.1, 0.15) is 15.9 Å². The number of rotatable bonds is 1. The van der Waals surface area contributed by atoms with Gasteiger partial charge in [-0.15, -0.1) is 0 Å². The van der Waals surface area contributed by atoms with E-state index in [4.69, 9.17) is 16.3 Å². The number of nitrogens with one attached hydrogen (secondary N) is 1. The zero-order chi connectivity index (χ0) is 10.4. The molecular formula is C11H8ClNO2. The summed E-state index contributed by atoms with van der Waals surface area (Å²) in [6.07, 6.45) is 1.68. The van der Waals surface area contributed by atoms with Crippen LogP contribution in [0.25, 0.3) is 10.9 Å². The van der Waals surface area contributed by atoms with Crippen molar-refractivity contribution in [2.75, 3.05) is 6.61 Å². The molecule has 0 amide bonds. The summed E-state index contributed by atoms with van der Waals surface area (Å²) in [7, 11) is 0. The Hall–Kier alpha value is -1.48. The Morgan fingerprint density at radius 3 is 3.13 bits per heavy atom. The third-order valence-electron chi connectivity index (χ3n) is 2.74. The number of carbonyl (C=O) groups is 1. The van der Waals surface area contributed by atoms with E-state index < -0.39 is 0 Å². The van der Waals surface area contributed by atoms with Crippen LogP contribution in [0.3, 0.4) is 0 Å². The van der Waals surface area contributed by atoms with Gasteiger partial charge < -0.3 is 9.72 Å². The molecule has 0 radical (unpaired) electrons. The van der Waals surface area contributed by atoms with E-state index in [1.807, 2.05) is 12.1 Å². The van der Waals surface area contributed by atoms with E-state index in [0.717, 1.165) is 34.9 Å². The molecule has 76 valence electrons. The van der Waals surface area contributed by atoms with Gasteiger partial charge in [0.1, 0.15) is 10.9 Å². The summed E-state index contributed by atoms with van der Waals surface area (Å²) in [4.78, 5) is 13.8. The van der Waals surface area contributed by atoms with Crippen molar-refractivity contribution >= 4 is 28.8 Å². The minimum Gasteiger partial charge on any atom is -0.491 e. The fraction of sp³-hybridized carbons (Fsp3) is 0.182. The number of carbonyl (C=O) groups excluding carboxylic acids is 1. The first-order chi connectivity index (χ1) is 7.31. The van der Waals surface area contributed by atoms with E-state index in [2.05, 4.69) is 4.98 Å². The molecule has 1 aliphatic rings. The van der Waals surface area contributed by atoms with Gasteiger partial charge >= 0.3 is 0 Å². The van der Waals surface area contributed by atoms with Gasteiger partial charge in [0.2, 0.25) is 0 Å². The van der Waals surface area contributed by atoms with Crippen LogP contribution in [0.4, 0.5) is 0 Å². The van der Waals surface area contributed by atoms with Crippen LogP contribution in [0.5, 0.6) is 5.75 Å². The molecule has 1 aliphatic heterocycles. The van der Waals surface area contributed by atoms with Crippen molar-refractivity contribution in [3.05, 3.63) is 28.4 Å². The number of benzene rings is 1. The summed E-state index contributed by atoms with van der Waals surface area (Å²) in [5.41, 5.74) is 2.50. The van der Waals surface area contributed by atoms with Gasteiger partial charge in [0.15, 0.2) is 6.29 Å². The van der Waals surface area contributed by atoms with Crippen molar-refractivity contribution in [2.24, 2.45) is 0 Å². The maximum atomic E-state index is 10.9. The second-order valence-electron chi connectivity index (χ2n) is 3.55. The number of aldehydes is 1. The van der Waals surface area contributed by atoms with Crippen LogP contribution in [0.2, 0.25) is 5.15 Å². The summed E-state index contributed by atoms with van der Waals surface area (Å²) < 4.78 is 5.52. The molecule has 0 bridgehead atoms. The van der Waals surface area contributed by atoms with Crippen molar-refractivity contribution in [3.8, 4) is 5.75 Å². The summed E-state index contributed by atoms with van der Waals surface area (Å²) >= 11 is 5.93. The average Bonchev–Trinajstić information content (AvgIpc) is 2.79. The summed E-state index contributed by atoms with van der Waals surface area (Å²) in [6, 6.07) is 3.90. The highest BCUT2D eigenvalue weighted by Crippen LogP contribution is 2.36. The van der Waals surface area contributed by atoms with E-state index in [1.165, 1.54) is 0 Å². The van der Waals surface area contributed by atoms with Gasteiger partial charge in [-0.3, -0.25) is 4.79 Å². The number of hydrogen-bond donors (Lipinski definition) is 1. The molecule has 0 atom stereocenters. The van der Waals surface area contributed by atoms with Crippen LogP contribution in [-0.4, -0.2) is 17.9 Å². The van der Waals surface area contributed by atoms with E-state index in [-0.39, 0.29) is 0 Å². The van der Waals surface area contributed by atoms with E-state index in [9.17, 15) is 4.79 Å². The summed E-state index contributed by atoms with van der Waals surface area (Å²) in [5.74, 6) is 0.836. The monoisotopic (exact) mass is 221 g/mol. The number of ether oxygens (including phenoxy) is 1. The quantitative estimate of drug-likeness (QED) is 0.752. The number of H-pyrrole nitrogens is 1. The molecule has 15 heavy (non-hydrogen) atoms. The zero-order valence-electron chi connectivity index (χ0n) is 7.84. The van der Waals surface area contributed by atoms with Crippen LogP contribution in [0.15, 0.2) is 12.1 Å². The minimum atomic E-state index is 0.379. The third-order valence-corrected chi connectivity index (χ3v) is 3.03. The average molecular weight is 222 g/mol. The standard InChI is InChI=1S/C11H8ClNO2/c12-11-8(5-14)7-2-1-6-3-4-15-10(6)9(7)13-11/h1-2,5,13H,3-4H2. The number of aromatic amines is 1. The third kappa shape index (κ3) is 1.10. The van der Waals surface area contributed by atoms with Gasteiger partial charge in [0.25, 0.3) is 0 Å². The van der Waals surface area contributed by atoms with E-state index in [0.29, 0.717) is 17.3 Å². The Labute approximate surface area is 91.0 Å². The van der Waals surface area contributed by atoms with Crippen molar-refractivity contribution in [3.63, 3.8) is 0 Å². The van der Waals surface area contributed by atoms with Gasteiger partial charge in [-0.2, -0.15) is 0 Å². The molecule has 1 N–H and O–H groups in total. The van der Waals surface area contributed by atoms with Gasteiger partial charge in [-0.1, -0.05) is 23.7 Å². The first-order valence-corrected chi connectivity index (χ1v) is 5.10. The molecule has 0 unspecified atom stereocenters. The molecular weight excluding hydrogens is 214 g/mol. The Kier molecular flexibility index (Phi) is 1.76. The molecule has 4 heteroatoms. The fourth-order valence-corrected chi connectivity index (χ4v) is 2.25. The molecule has 3 rings (SSSR count). The first kappa shape index (κ1) is 8.80. The predicted octanol–water partition coefficient (Wildman–Crippen LogP) is 2.57. The van der Waals surface area contributed by atoms with E-state index >= 15 is 0 Å². The lowest BCUT2D eigenvalue weighted by molar-refractivity contribution is 0.112. The maximum absolute atomic E-state index is 10.9. The minimum absolute atomic E-state index is 0.379. The molecule has 0 spiro atoms. The van der Waals surface area contributed by atoms with Crippen molar-refractivity contribution in [1.29, 1.82) is 0 Å². The Balaban J connectivity index is 2.43. The number of hydrogen-bond acceptors (Lipinski definition) is 2. The van der Waals surface area contributed by atoms with Crippen LogP contribution < -0.4 is 4.74 Å². The molecule has 0 fully saturated rings. The fourth-order valence-electron chi connectivity index (χ4n) is 2.01. The molecule has 1 aromatic heterocycles. The van der Waals surface area contributed by atoms with Gasteiger partial charge in [-0.05, 0) is 5.56 Å². The molecule has 2 heterocycles. The highest BCUT2D eigenvalue weighted by Gasteiger charge is 2.19. The highest BCUT2D eigenvalue weighted by atomic mass is 35.5. The Morgan fingerprint density at radius 2 is 2.33 bits per heavy atom. The van der Waals surface area contributed by atoms with Crippen LogP contribution >= 0.6 is 11.6 Å². The molecule has 2 aromatic rings. The first-order valence-electron chi connectivity index (χ1n) is 4.72. The van der Waals surface area contributed by atoms with Crippen molar-refractivity contribution < 1.29 is 9.53 Å². The zero-order valence-corrected chi connectivity index (χ0v) is 8.60. The van der Waals surface area contributed by atoms with E-state index in [1.54, 1.807) is 0 Å². The highest BCUT2D eigenvalue weighted by molar-refractivity contribution is 6.34. The molecule has 3 nitrogen and oxygen atoms in total. The molecule has 0 saturated carbocycles. The van der Waals surface area contributed by atoms with Crippen molar-refractivity contribution in [1.82, 2.24) is 4.98 Å². The van der Waals surface area contributed by atoms with Gasteiger partial charge in [-0.25, -0.2) is 0 Å². The lowest BCUT2D eigenvalue weighted by Crippen LogP contribution is -1.86. The molecule has 0 aliphatic carbocycles. The Bertz CT molecular complexity index is 559. The maximum Gasteiger partial charge on any atom is 0.153 e. The smallest absolute Gasteiger partial charge is 0.153 e. The predicted molar refractivity (Wildman–Crippen MR) is 57.9 cm³/mol. The van der Waals surface area contributed by atoms with Crippen LogP contribution in [-0.2, 0) is 6.42 Å². The van der Waals surface area contributed by atoms with Gasteiger partial charge in [0.05, 0.1) is 17.7 Å². The molecule has 0 saturated heterocycles. The van der Waals surface area contributed by atoms with Crippen LogP contribution in [0, 0.1) is 0 Å². The number of halogens is 1. The van der Waals surface area contributed by atoms with Gasteiger partial charge in [0, 0.05) is 11.8 Å². The largest absolute Gasteiger partial charge is 0.491 e. The second kappa shape index (κ2) is 3.00. The lowest BCUT2D eigenvalue weighted by Gasteiger charge is -1.99. The topological polar surface area (TPSA) is 42.1 Å². The lowest BCUT2D eigenvalue weighted by atomic mass is 10.1. The SMILES string of the molecule is O=Cc1c(Cl)[nH]c2c3c(ccc12)CCO3. The number of aromatic nitrogens is 1. The number of fused-ring (bicyclic) bond motifs is 3. The summed E-state index contributed by atoms with van der Waals surface area (Å²) in [6.45, 7) is 0.696. The Morgan fingerprint density at radius 1 is 1.47 bits per heavy atom. The molecule has 1 aromatic carbocycles. The van der Waals surface area contributed by atoms with Crippen molar-refractivity contribution in [2.45, 2.75) is 6.42 Å². The summed E-state index contributed by atoms with van der Waals surface area (Å²) in [5, 5.41) is 1.21. The normalized spacial score (nSPS) is 13.9.